The van der Waals surface area contributed by atoms with Gasteiger partial charge < -0.3 is 20.1 Å². The number of hydrogen-bond donors (Lipinski definition) is 3. The number of methoxy groups -OCH3 is 1. The molecule has 2 heterocycles. The SMILES string of the molecule is COCC(Nc1ncnc2nc[nH]c12)C(=O)O. The van der Waals surface area contributed by atoms with Crippen LogP contribution in [0.3, 0.4) is 0 Å². The van der Waals surface area contributed by atoms with Crippen molar-refractivity contribution in [3.05, 3.63) is 12.7 Å². The van der Waals surface area contributed by atoms with Crippen molar-refractivity contribution in [3.63, 3.8) is 0 Å². The maximum atomic E-state index is 11.0. The van der Waals surface area contributed by atoms with Crippen LogP contribution in [0.5, 0.6) is 0 Å². The van der Waals surface area contributed by atoms with E-state index < -0.39 is 12.0 Å². The Kier molecular flexibility index (Phi) is 3.15. The molecule has 0 saturated carbocycles. The van der Waals surface area contributed by atoms with E-state index in [1.54, 1.807) is 0 Å². The smallest absolute Gasteiger partial charge is 0.328 e. The fourth-order valence-corrected chi connectivity index (χ4v) is 1.38. The molecule has 0 saturated heterocycles. The molecule has 0 radical (unpaired) electrons. The summed E-state index contributed by atoms with van der Waals surface area (Å²) in [7, 11) is 1.43. The van der Waals surface area contributed by atoms with Crippen LogP contribution in [0.25, 0.3) is 11.2 Å². The molecule has 8 heteroatoms. The third-order valence-corrected chi connectivity index (χ3v) is 2.17. The summed E-state index contributed by atoms with van der Waals surface area (Å²) < 4.78 is 4.82. The van der Waals surface area contributed by atoms with Gasteiger partial charge in [-0.25, -0.2) is 19.7 Å². The monoisotopic (exact) mass is 237 g/mol. The molecular weight excluding hydrogens is 226 g/mol. The first-order chi connectivity index (χ1) is 8.22. The number of nitrogens with zero attached hydrogens (tertiary/aromatic N) is 3. The Morgan fingerprint density at radius 3 is 3.12 bits per heavy atom. The lowest BCUT2D eigenvalue weighted by Gasteiger charge is -2.13. The Labute approximate surface area is 96.1 Å². The number of ether oxygens (including phenoxy) is 1. The molecule has 2 aromatic heterocycles. The first-order valence-electron chi connectivity index (χ1n) is 4.84. The van der Waals surface area contributed by atoms with Crippen molar-refractivity contribution in [1.82, 2.24) is 19.9 Å². The van der Waals surface area contributed by atoms with E-state index in [0.29, 0.717) is 17.0 Å². The van der Waals surface area contributed by atoms with Gasteiger partial charge in [0.2, 0.25) is 0 Å². The van der Waals surface area contributed by atoms with E-state index in [9.17, 15) is 4.79 Å². The number of imidazole rings is 1. The second kappa shape index (κ2) is 4.74. The topological polar surface area (TPSA) is 113 Å². The number of anilines is 1. The highest BCUT2D eigenvalue weighted by molar-refractivity contribution is 5.85. The summed E-state index contributed by atoms with van der Waals surface area (Å²) in [6.07, 6.45) is 2.79. The third-order valence-electron chi connectivity index (χ3n) is 2.17. The van der Waals surface area contributed by atoms with Gasteiger partial charge in [0.1, 0.15) is 17.9 Å². The third kappa shape index (κ3) is 2.31. The number of H-pyrrole nitrogens is 1. The summed E-state index contributed by atoms with van der Waals surface area (Å²) in [4.78, 5) is 25.6. The average Bonchev–Trinajstić information content (AvgIpc) is 2.77. The zero-order chi connectivity index (χ0) is 12.3. The minimum atomic E-state index is -1.02. The van der Waals surface area contributed by atoms with E-state index in [1.807, 2.05) is 0 Å². The molecule has 8 nitrogen and oxygen atoms in total. The maximum Gasteiger partial charge on any atom is 0.328 e. The van der Waals surface area contributed by atoms with Crippen molar-refractivity contribution in [2.45, 2.75) is 6.04 Å². The molecule has 0 aromatic carbocycles. The Bertz CT molecular complexity index is 526. The van der Waals surface area contributed by atoms with Gasteiger partial charge in [-0.2, -0.15) is 0 Å². The van der Waals surface area contributed by atoms with Crippen LogP contribution in [0.1, 0.15) is 0 Å². The zero-order valence-electron chi connectivity index (χ0n) is 9.04. The first kappa shape index (κ1) is 11.3. The van der Waals surface area contributed by atoms with Crippen molar-refractivity contribution in [1.29, 1.82) is 0 Å². The zero-order valence-corrected chi connectivity index (χ0v) is 9.04. The Balaban J connectivity index is 2.27. The lowest BCUT2D eigenvalue weighted by atomic mass is 10.3. The van der Waals surface area contributed by atoms with Crippen LogP contribution in [0.2, 0.25) is 0 Å². The molecular formula is C9H11N5O3. The van der Waals surface area contributed by atoms with Crippen molar-refractivity contribution in [2.24, 2.45) is 0 Å². The van der Waals surface area contributed by atoms with Crippen LogP contribution in [0, 0.1) is 0 Å². The molecule has 3 N–H and O–H groups in total. The largest absolute Gasteiger partial charge is 0.480 e. The number of rotatable bonds is 5. The molecule has 0 aliphatic rings. The first-order valence-corrected chi connectivity index (χ1v) is 4.84. The Morgan fingerprint density at radius 1 is 1.59 bits per heavy atom. The van der Waals surface area contributed by atoms with Crippen molar-refractivity contribution >= 4 is 23.0 Å². The molecule has 17 heavy (non-hydrogen) atoms. The van der Waals surface area contributed by atoms with E-state index in [1.165, 1.54) is 19.8 Å². The van der Waals surface area contributed by atoms with Crippen molar-refractivity contribution < 1.29 is 14.6 Å². The molecule has 0 aliphatic carbocycles. The molecule has 0 spiro atoms. The standard InChI is InChI=1S/C9H11N5O3/c1-17-2-5(9(15)16)14-8-6-7(11-3-10-6)12-4-13-8/h3-5H,2H2,1H3,(H,15,16)(H2,10,11,12,13,14). The van der Waals surface area contributed by atoms with Crippen molar-refractivity contribution in [2.75, 3.05) is 19.0 Å². The number of carbonyl (C=O) groups is 1. The molecule has 90 valence electrons. The van der Waals surface area contributed by atoms with Crippen LogP contribution in [0.4, 0.5) is 5.82 Å². The molecule has 0 fully saturated rings. The second-order valence-corrected chi connectivity index (χ2v) is 3.31. The van der Waals surface area contributed by atoms with E-state index in [4.69, 9.17) is 9.84 Å². The highest BCUT2D eigenvalue weighted by Gasteiger charge is 2.19. The van der Waals surface area contributed by atoms with Gasteiger partial charge in [0.15, 0.2) is 11.5 Å². The van der Waals surface area contributed by atoms with Gasteiger partial charge in [0.05, 0.1) is 12.9 Å². The minimum absolute atomic E-state index is 0.0367. The van der Waals surface area contributed by atoms with Gasteiger partial charge in [0, 0.05) is 7.11 Å². The lowest BCUT2D eigenvalue weighted by molar-refractivity contribution is -0.139. The average molecular weight is 237 g/mol. The van der Waals surface area contributed by atoms with Gasteiger partial charge in [-0.1, -0.05) is 0 Å². The molecule has 2 rings (SSSR count). The summed E-state index contributed by atoms with van der Waals surface area (Å²) in [6, 6.07) is -0.874. The molecule has 1 unspecified atom stereocenters. The van der Waals surface area contributed by atoms with Crippen LogP contribution in [-0.2, 0) is 9.53 Å². The van der Waals surface area contributed by atoms with Crippen molar-refractivity contribution in [3.8, 4) is 0 Å². The number of aromatic nitrogens is 4. The van der Waals surface area contributed by atoms with Crippen LogP contribution >= 0.6 is 0 Å². The summed E-state index contributed by atoms with van der Waals surface area (Å²) >= 11 is 0. The number of nitrogens with one attached hydrogen (secondary N) is 2. The molecule has 0 amide bonds. The molecule has 1 atom stereocenters. The number of carboxylic acids is 1. The summed E-state index contributed by atoms with van der Waals surface area (Å²) in [5, 5.41) is 11.7. The molecule has 0 bridgehead atoms. The number of aliphatic carboxylic acids is 1. The predicted octanol–water partition coefficient (Wildman–Crippen LogP) is -0.136. The number of carboxylic acid groups (broad SMARTS) is 1. The fraction of sp³-hybridized carbons (Fsp3) is 0.333. The Morgan fingerprint density at radius 2 is 2.41 bits per heavy atom. The van der Waals surface area contributed by atoms with Gasteiger partial charge in [-0.15, -0.1) is 0 Å². The van der Waals surface area contributed by atoms with E-state index in [2.05, 4.69) is 25.3 Å². The van der Waals surface area contributed by atoms with Gasteiger partial charge in [-0.3, -0.25) is 0 Å². The molecule has 0 aliphatic heterocycles. The second-order valence-electron chi connectivity index (χ2n) is 3.31. The predicted molar refractivity (Wildman–Crippen MR) is 58.6 cm³/mol. The van der Waals surface area contributed by atoms with Gasteiger partial charge in [0.25, 0.3) is 0 Å². The summed E-state index contributed by atoms with van der Waals surface area (Å²) in [5.41, 5.74) is 1.04. The summed E-state index contributed by atoms with van der Waals surface area (Å²) in [5.74, 6) is -0.630. The van der Waals surface area contributed by atoms with Crippen LogP contribution in [0.15, 0.2) is 12.7 Å². The highest BCUT2D eigenvalue weighted by atomic mass is 16.5. The maximum absolute atomic E-state index is 11.0. The quantitative estimate of drug-likeness (QED) is 0.663. The Hall–Kier alpha value is -2.22. The normalized spacial score (nSPS) is 12.5. The van der Waals surface area contributed by atoms with Crippen LogP contribution < -0.4 is 5.32 Å². The highest BCUT2D eigenvalue weighted by Crippen LogP contribution is 2.15. The number of aromatic amines is 1. The number of fused-ring (bicyclic) bond motifs is 1. The number of hydrogen-bond acceptors (Lipinski definition) is 6. The fourth-order valence-electron chi connectivity index (χ4n) is 1.38. The lowest BCUT2D eigenvalue weighted by Crippen LogP contribution is -2.34. The summed E-state index contributed by atoms with van der Waals surface area (Å²) in [6.45, 7) is 0.0367. The van der Waals surface area contributed by atoms with Gasteiger partial charge in [-0.05, 0) is 0 Å². The van der Waals surface area contributed by atoms with E-state index in [-0.39, 0.29) is 6.61 Å². The minimum Gasteiger partial charge on any atom is -0.480 e. The van der Waals surface area contributed by atoms with E-state index in [0.717, 1.165) is 0 Å². The molecule has 2 aromatic rings. The van der Waals surface area contributed by atoms with Gasteiger partial charge >= 0.3 is 5.97 Å². The van der Waals surface area contributed by atoms with Crippen LogP contribution in [-0.4, -0.2) is 50.8 Å². The van der Waals surface area contributed by atoms with E-state index >= 15 is 0 Å².